The Labute approximate surface area is 101 Å². The zero-order valence-corrected chi connectivity index (χ0v) is 10.3. The quantitative estimate of drug-likeness (QED) is 0.748. The summed E-state index contributed by atoms with van der Waals surface area (Å²) in [6, 6.07) is 5.74. The highest BCUT2D eigenvalue weighted by atomic mass is 35.5. The smallest absolute Gasteiger partial charge is 0.138 e. The van der Waals surface area contributed by atoms with Crippen molar-refractivity contribution >= 4 is 11.6 Å². The molecule has 0 aliphatic carbocycles. The van der Waals surface area contributed by atoms with Crippen LogP contribution in [-0.2, 0) is 4.74 Å². The molecule has 0 fully saturated rings. The zero-order chi connectivity index (χ0) is 11.8. The van der Waals surface area contributed by atoms with Crippen LogP contribution in [0.5, 0.6) is 5.75 Å². The van der Waals surface area contributed by atoms with Gasteiger partial charge in [0.05, 0.1) is 18.2 Å². The van der Waals surface area contributed by atoms with Gasteiger partial charge in [-0.3, -0.25) is 0 Å². The van der Waals surface area contributed by atoms with Crippen molar-refractivity contribution in [1.29, 1.82) is 0 Å². The lowest BCUT2D eigenvalue weighted by Gasteiger charge is -2.08. The van der Waals surface area contributed by atoms with Crippen LogP contribution >= 0.6 is 11.6 Å². The first-order chi connectivity index (χ1) is 7.74. The van der Waals surface area contributed by atoms with E-state index in [1.165, 1.54) is 0 Å². The number of nitrogens with two attached hydrogens (primary N) is 1. The highest BCUT2D eigenvalue weighted by molar-refractivity contribution is 6.32. The van der Waals surface area contributed by atoms with E-state index in [2.05, 4.69) is 0 Å². The molecule has 0 saturated carbocycles. The molecule has 0 aliphatic heterocycles. The Balaban J connectivity index is 2.23. The van der Waals surface area contributed by atoms with E-state index < -0.39 is 0 Å². The highest BCUT2D eigenvalue weighted by Crippen LogP contribution is 2.25. The van der Waals surface area contributed by atoms with E-state index in [0.29, 0.717) is 31.4 Å². The molecule has 1 aromatic rings. The molecule has 0 aromatic heterocycles. The predicted molar refractivity (Wildman–Crippen MR) is 66.2 cm³/mol. The summed E-state index contributed by atoms with van der Waals surface area (Å²) >= 11 is 5.99. The zero-order valence-electron chi connectivity index (χ0n) is 9.54. The van der Waals surface area contributed by atoms with E-state index >= 15 is 0 Å². The first-order valence-electron chi connectivity index (χ1n) is 5.41. The van der Waals surface area contributed by atoms with Gasteiger partial charge in [-0.2, -0.15) is 0 Å². The van der Waals surface area contributed by atoms with Gasteiger partial charge in [0.2, 0.25) is 0 Å². The molecule has 0 aliphatic rings. The van der Waals surface area contributed by atoms with Gasteiger partial charge in [-0.15, -0.1) is 0 Å². The van der Waals surface area contributed by atoms with Crippen molar-refractivity contribution in [3.8, 4) is 5.75 Å². The van der Waals surface area contributed by atoms with Crippen molar-refractivity contribution in [3.63, 3.8) is 0 Å². The molecule has 0 atom stereocenters. The van der Waals surface area contributed by atoms with Crippen molar-refractivity contribution in [2.24, 2.45) is 5.73 Å². The van der Waals surface area contributed by atoms with Crippen molar-refractivity contribution in [3.05, 3.63) is 28.8 Å². The van der Waals surface area contributed by atoms with Crippen molar-refractivity contribution in [2.45, 2.75) is 13.3 Å². The standard InChI is InChI=1S/C12H18ClNO2/c1-10-3-4-11(13)12(9-10)16-7-2-6-15-8-5-14/h3-4,9H,2,5-8,14H2,1H3. The topological polar surface area (TPSA) is 44.5 Å². The van der Waals surface area contributed by atoms with E-state index in [4.69, 9.17) is 26.8 Å². The normalized spacial score (nSPS) is 10.4. The van der Waals surface area contributed by atoms with E-state index in [1.54, 1.807) is 0 Å². The molecule has 0 saturated heterocycles. The molecule has 4 heteroatoms. The number of halogens is 1. The summed E-state index contributed by atoms with van der Waals surface area (Å²) in [6.07, 6.45) is 0.838. The molecule has 0 spiro atoms. The molecule has 0 heterocycles. The Morgan fingerprint density at radius 3 is 2.81 bits per heavy atom. The molecule has 2 N–H and O–H groups in total. The number of ether oxygens (including phenoxy) is 2. The fraction of sp³-hybridized carbons (Fsp3) is 0.500. The largest absolute Gasteiger partial charge is 0.492 e. The Bertz CT molecular complexity index is 318. The van der Waals surface area contributed by atoms with Crippen LogP contribution < -0.4 is 10.5 Å². The number of aryl methyl sites for hydroxylation is 1. The van der Waals surface area contributed by atoms with Crippen LogP contribution in [0.3, 0.4) is 0 Å². The minimum atomic E-state index is 0.560. The summed E-state index contributed by atoms with van der Waals surface area (Å²) in [5, 5.41) is 0.647. The maximum atomic E-state index is 5.99. The lowest BCUT2D eigenvalue weighted by molar-refractivity contribution is 0.126. The molecular weight excluding hydrogens is 226 g/mol. The number of rotatable bonds is 7. The van der Waals surface area contributed by atoms with Gasteiger partial charge in [-0.1, -0.05) is 17.7 Å². The van der Waals surface area contributed by atoms with Gasteiger partial charge >= 0.3 is 0 Å². The van der Waals surface area contributed by atoms with Crippen LogP contribution in [0.4, 0.5) is 0 Å². The number of hydrogen-bond acceptors (Lipinski definition) is 3. The summed E-state index contributed by atoms with van der Waals surface area (Å²) in [7, 11) is 0. The molecule has 0 radical (unpaired) electrons. The van der Waals surface area contributed by atoms with Gasteiger partial charge in [0, 0.05) is 19.6 Å². The third kappa shape index (κ3) is 4.84. The Hall–Kier alpha value is -0.770. The third-order valence-corrected chi connectivity index (χ3v) is 2.35. The van der Waals surface area contributed by atoms with Crippen LogP contribution in [-0.4, -0.2) is 26.4 Å². The fourth-order valence-electron chi connectivity index (χ4n) is 1.25. The summed E-state index contributed by atoms with van der Waals surface area (Å²) in [5.74, 6) is 0.737. The van der Waals surface area contributed by atoms with Crippen LogP contribution in [0.2, 0.25) is 5.02 Å². The highest BCUT2D eigenvalue weighted by Gasteiger charge is 2.01. The second-order valence-corrected chi connectivity index (χ2v) is 3.94. The first-order valence-corrected chi connectivity index (χ1v) is 5.78. The first kappa shape index (κ1) is 13.3. The van der Waals surface area contributed by atoms with Gasteiger partial charge in [0.15, 0.2) is 0 Å². The van der Waals surface area contributed by atoms with Crippen LogP contribution in [0, 0.1) is 6.92 Å². The van der Waals surface area contributed by atoms with E-state index in [9.17, 15) is 0 Å². The summed E-state index contributed by atoms with van der Waals surface area (Å²) in [5.41, 5.74) is 6.43. The lowest BCUT2D eigenvalue weighted by atomic mass is 10.2. The SMILES string of the molecule is Cc1ccc(Cl)c(OCCCOCCN)c1. The van der Waals surface area contributed by atoms with E-state index in [0.717, 1.165) is 17.7 Å². The summed E-state index contributed by atoms with van der Waals surface area (Å²) < 4.78 is 10.8. The minimum Gasteiger partial charge on any atom is -0.492 e. The fourth-order valence-corrected chi connectivity index (χ4v) is 1.42. The Morgan fingerprint density at radius 2 is 2.06 bits per heavy atom. The molecular formula is C12H18ClNO2. The Kier molecular flexibility index (Phi) is 6.23. The number of benzene rings is 1. The molecule has 3 nitrogen and oxygen atoms in total. The van der Waals surface area contributed by atoms with Gasteiger partial charge in [0.25, 0.3) is 0 Å². The molecule has 0 bridgehead atoms. The average molecular weight is 244 g/mol. The van der Waals surface area contributed by atoms with E-state index in [-0.39, 0.29) is 0 Å². The van der Waals surface area contributed by atoms with Crippen molar-refractivity contribution in [1.82, 2.24) is 0 Å². The summed E-state index contributed by atoms with van der Waals surface area (Å²) in [6.45, 7) is 4.44. The lowest BCUT2D eigenvalue weighted by Crippen LogP contribution is -2.10. The minimum absolute atomic E-state index is 0.560. The molecule has 1 rings (SSSR count). The molecule has 0 amide bonds. The van der Waals surface area contributed by atoms with Gasteiger partial charge in [0.1, 0.15) is 5.75 Å². The average Bonchev–Trinajstić information content (AvgIpc) is 2.28. The third-order valence-electron chi connectivity index (χ3n) is 2.04. The second kappa shape index (κ2) is 7.49. The van der Waals surface area contributed by atoms with Crippen LogP contribution in [0.25, 0.3) is 0 Å². The molecule has 90 valence electrons. The second-order valence-electron chi connectivity index (χ2n) is 3.54. The molecule has 0 unspecified atom stereocenters. The summed E-state index contributed by atoms with van der Waals surface area (Å²) in [4.78, 5) is 0. The van der Waals surface area contributed by atoms with Crippen molar-refractivity contribution < 1.29 is 9.47 Å². The maximum absolute atomic E-state index is 5.99. The molecule has 16 heavy (non-hydrogen) atoms. The van der Waals surface area contributed by atoms with Gasteiger partial charge < -0.3 is 15.2 Å². The van der Waals surface area contributed by atoms with Gasteiger partial charge in [-0.25, -0.2) is 0 Å². The monoisotopic (exact) mass is 243 g/mol. The van der Waals surface area contributed by atoms with Crippen LogP contribution in [0.15, 0.2) is 18.2 Å². The predicted octanol–water partition coefficient (Wildman–Crippen LogP) is 2.39. The number of hydrogen-bond donors (Lipinski definition) is 1. The van der Waals surface area contributed by atoms with Crippen molar-refractivity contribution in [2.75, 3.05) is 26.4 Å². The van der Waals surface area contributed by atoms with E-state index in [1.807, 2.05) is 25.1 Å². The van der Waals surface area contributed by atoms with Gasteiger partial charge in [-0.05, 0) is 24.6 Å². The molecule has 1 aromatic carbocycles. The van der Waals surface area contributed by atoms with Crippen LogP contribution in [0.1, 0.15) is 12.0 Å². The maximum Gasteiger partial charge on any atom is 0.138 e. The Morgan fingerprint density at radius 1 is 1.25 bits per heavy atom.